The lowest BCUT2D eigenvalue weighted by molar-refractivity contribution is -0.389. The molecule has 1 aromatic carbocycles. The minimum atomic E-state index is -0.598. The molecule has 5 rings (SSSR count). The number of halogens is 1. The van der Waals surface area contributed by atoms with Crippen LogP contribution in [0.3, 0.4) is 0 Å². The number of benzene rings is 1. The Morgan fingerprint density at radius 2 is 2.10 bits per heavy atom. The molecule has 0 N–H and O–H groups in total. The van der Waals surface area contributed by atoms with E-state index in [4.69, 9.17) is 16.6 Å². The minimum Gasteiger partial charge on any atom is -0.358 e. The van der Waals surface area contributed by atoms with Crippen LogP contribution in [-0.4, -0.2) is 34.3 Å². The number of hydrogen-bond donors (Lipinski definition) is 0. The van der Waals surface area contributed by atoms with Gasteiger partial charge in [0.2, 0.25) is 0 Å². The Morgan fingerprint density at radius 3 is 2.87 bits per heavy atom. The lowest BCUT2D eigenvalue weighted by atomic mass is 10.1. The van der Waals surface area contributed by atoms with Gasteiger partial charge in [-0.25, -0.2) is 14.5 Å². The third-order valence-corrected chi connectivity index (χ3v) is 6.29. The molecule has 0 aliphatic heterocycles. The summed E-state index contributed by atoms with van der Waals surface area (Å²) in [6.07, 6.45) is 3.12. The highest BCUT2D eigenvalue weighted by Gasteiger charge is 2.19. The van der Waals surface area contributed by atoms with E-state index < -0.39 is 4.92 Å². The normalized spacial score (nSPS) is 11.6. The van der Waals surface area contributed by atoms with Crippen molar-refractivity contribution in [3.63, 3.8) is 0 Å². The smallest absolute Gasteiger partial charge is 0.358 e. The Hall–Kier alpha value is -3.37. The molecule has 0 saturated carbocycles. The number of aromatic nitrogens is 6. The van der Waals surface area contributed by atoms with Gasteiger partial charge in [-0.05, 0) is 36.0 Å². The lowest BCUT2D eigenvalue weighted by Crippen LogP contribution is -2.01. The Kier molecular flexibility index (Phi) is 4.26. The highest BCUT2D eigenvalue weighted by atomic mass is 35.5. The zero-order valence-electron chi connectivity index (χ0n) is 15.9. The summed E-state index contributed by atoms with van der Waals surface area (Å²) in [5.41, 5.74) is 3.67. The van der Waals surface area contributed by atoms with Crippen molar-refractivity contribution in [2.24, 2.45) is 0 Å². The van der Waals surface area contributed by atoms with Gasteiger partial charge in [0.15, 0.2) is 16.5 Å². The molecule has 11 heteroatoms. The predicted octanol–water partition coefficient (Wildman–Crippen LogP) is 4.43. The van der Waals surface area contributed by atoms with Crippen LogP contribution in [0, 0.1) is 24.0 Å². The van der Waals surface area contributed by atoms with Gasteiger partial charge in [0.05, 0.1) is 23.2 Å². The van der Waals surface area contributed by atoms with Gasteiger partial charge in [0, 0.05) is 10.4 Å². The summed E-state index contributed by atoms with van der Waals surface area (Å²) in [7, 11) is 0. The molecule has 5 aromatic rings. The molecule has 0 aliphatic rings. The molecule has 0 radical (unpaired) electrons. The van der Waals surface area contributed by atoms with Gasteiger partial charge in [-0.2, -0.15) is 4.68 Å². The fraction of sp³-hybridized carbons (Fsp3) is 0.158. The summed E-state index contributed by atoms with van der Waals surface area (Å²) in [6.45, 7) is 4.48. The van der Waals surface area contributed by atoms with Gasteiger partial charge in [0.1, 0.15) is 11.2 Å². The number of nitrogens with zero attached hydrogens (tertiary/aromatic N) is 7. The molecule has 0 fully saturated rings. The van der Waals surface area contributed by atoms with E-state index in [0.29, 0.717) is 12.4 Å². The predicted molar refractivity (Wildman–Crippen MR) is 114 cm³/mol. The maximum atomic E-state index is 11.0. The molecule has 4 heterocycles. The first-order valence-corrected chi connectivity index (χ1v) is 10.2. The summed E-state index contributed by atoms with van der Waals surface area (Å²) >= 11 is 7.53. The van der Waals surface area contributed by atoms with Crippen LogP contribution < -0.4 is 0 Å². The van der Waals surface area contributed by atoms with Crippen molar-refractivity contribution >= 4 is 44.6 Å². The Balaban J connectivity index is 1.53. The molecule has 0 unspecified atom stereocenters. The number of thiophene rings is 1. The van der Waals surface area contributed by atoms with E-state index in [1.165, 1.54) is 15.8 Å². The average Bonchev–Trinajstić information content (AvgIpc) is 3.38. The van der Waals surface area contributed by atoms with Crippen molar-refractivity contribution < 1.29 is 4.92 Å². The third kappa shape index (κ3) is 3.01. The van der Waals surface area contributed by atoms with Crippen LogP contribution in [0.15, 0.2) is 36.8 Å². The number of aryl methyl sites for hydroxylation is 2. The van der Waals surface area contributed by atoms with Crippen molar-refractivity contribution in [3.8, 4) is 11.4 Å². The molecule has 150 valence electrons. The number of fused-ring (bicyclic) bond motifs is 3. The topological polar surface area (TPSA) is 104 Å². The molecule has 30 heavy (non-hydrogen) atoms. The number of hydrogen-bond acceptors (Lipinski definition) is 7. The van der Waals surface area contributed by atoms with E-state index >= 15 is 0 Å². The molecule has 0 amide bonds. The van der Waals surface area contributed by atoms with Crippen LogP contribution in [0.5, 0.6) is 0 Å². The van der Waals surface area contributed by atoms with Crippen LogP contribution >= 0.6 is 22.9 Å². The molecule has 0 aliphatic carbocycles. The van der Waals surface area contributed by atoms with Crippen molar-refractivity contribution in [1.82, 2.24) is 29.4 Å². The van der Waals surface area contributed by atoms with E-state index in [2.05, 4.69) is 29.0 Å². The second-order valence-electron chi connectivity index (χ2n) is 6.87. The van der Waals surface area contributed by atoms with Crippen molar-refractivity contribution in [3.05, 3.63) is 67.9 Å². The fourth-order valence-electron chi connectivity index (χ4n) is 3.35. The van der Waals surface area contributed by atoms with Gasteiger partial charge < -0.3 is 10.1 Å². The van der Waals surface area contributed by atoms with Gasteiger partial charge in [-0.1, -0.05) is 29.8 Å². The first kappa shape index (κ1) is 18.6. The first-order valence-electron chi connectivity index (χ1n) is 8.98. The maximum absolute atomic E-state index is 11.0. The largest absolute Gasteiger partial charge is 0.408 e. The van der Waals surface area contributed by atoms with E-state index in [-0.39, 0.29) is 10.8 Å². The average molecular weight is 440 g/mol. The lowest BCUT2D eigenvalue weighted by Gasteiger charge is -2.01. The van der Waals surface area contributed by atoms with Gasteiger partial charge in [-0.15, -0.1) is 16.4 Å². The molecule has 0 bridgehead atoms. The Morgan fingerprint density at radius 1 is 1.27 bits per heavy atom. The van der Waals surface area contributed by atoms with Crippen LogP contribution in [-0.2, 0) is 6.54 Å². The SMILES string of the molecule is Cc1sc2ncn3nc(-c4cccc(Cn5cc(Cl)c([N+](=O)[O-])n5)c4)nc3c2c1C. The second-order valence-corrected chi connectivity index (χ2v) is 8.48. The maximum Gasteiger partial charge on any atom is 0.408 e. The molecule has 0 spiro atoms. The Labute approximate surface area is 178 Å². The molecule has 0 saturated heterocycles. The standard InChI is InChI=1S/C19H14ClN7O2S/c1-10-11(2)30-19-15(10)18-22-16(23-26(18)9-21-19)13-5-3-4-12(6-13)7-25-8-14(20)17(24-25)27(28)29/h3-6,8-9H,7H2,1-2H3. The zero-order chi connectivity index (χ0) is 21.0. The van der Waals surface area contributed by atoms with Crippen LogP contribution in [0.4, 0.5) is 5.82 Å². The summed E-state index contributed by atoms with van der Waals surface area (Å²) < 4.78 is 3.14. The monoisotopic (exact) mass is 439 g/mol. The summed E-state index contributed by atoms with van der Waals surface area (Å²) in [6, 6.07) is 7.66. The molecule has 0 atom stereocenters. The third-order valence-electron chi connectivity index (χ3n) is 4.91. The fourth-order valence-corrected chi connectivity index (χ4v) is 4.57. The summed E-state index contributed by atoms with van der Waals surface area (Å²) in [5, 5.41) is 20.5. The molecular weight excluding hydrogens is 426 g/mol. The van der Waals surface area contributed by atoms with Crippen LogP contribution in [0.25, 0.3) is 27.3 Å². The summed E-state index contributed by atoms with van der Waals surface area (Å²) in [5.74, 6) is 0.228. The zero-order valence-corrected chi connectivity index (χ0v) is 17.5. The number of rotatable bonds is 4. The van der Waals surface area contributed by atoms with E-state index in [0.717, 1.165) is 32.6 Å². The number of nitro groups is 1. The highest BCUT2D eigenvalue weighted by Crippen LogP contribution is 2.31. The van der Waals surface area contributed by atoms with E-state index in [1.54, 1.807) is 22.2 Å². The second kappa shape index (κ2) is 6.85. The first-order chi connectivity index (χ1) is 14.4. The van der Waals surface area contributed by atoms with Crippen molar-refractivity contribution in [1.29, 1.82) is 0 Å². The Bertz CT molecular complexity index is 1450. The van der Waals surface area contributed by atoms with E-state index in [9.17, 15) is 10.1 Å². The quantitative estimate of drug-likeness (QED) is 0.303. The van der Waals surface area contributed by atoms with Gasteiger partial charge >= 0.3 is 5.82 Å². The molecule has 4 aromatic heterocycles. The van der Waals surface area contributed by atoms with Crippen molar-refractivity contribution in [2.75, 3.05) is 0 Å². The van der Waals surface area contributed by atoms with Crippen LogP contribution in [0.2, 0.25) is 5.02 Å². The van der Waals surface area contributed by atoms with Crippen LogP contribution in [0.1, 0.15) is 16.0 Å². The highest BCUT2D eigenvalue weighted by molar-refractivity contribution is 7.18. The van der Waals surface area contributed by atoms with Gasteiger partial charge in [0.25, 0.3) is 0 Å². The summed E-state index contributed by atoms with van der Waals surface area (Å²) in [4.78, 5) is 21.8. The molecular formula is C19H14ClN7O2S. The van der Waals surface area contributed by atoms with Gasteiger partial charge in [-0.3, -0.25) is 0 Å². The molecule has 9 nitrogen and oxygen atoms in total. The minimum absolute atomic E-state index is 0.0103. The van der Waals surface area contributed by atoms with Crippen molar-refractivity contribution in [2.45, 2.75) is 20.4 Å². The van der Waals surface area contributed by atoms with E-state index in [1.807, 2.05) is 24.3 Å².